The molecule has 2 aliphatic rings. The monoisotopic (exact) mass is 558 g/mol. The summed E-state index contributed by atoms with van der Waals surface area (Å²) in [4.78, 5) is 45.6. The normalized spacial score (nSPS) is 19.1. The van der Waals surface area contributed by atoms with Gasteiger partial charge in [-0.05, 0) is 70.5 Å². The molecule has 2 atom stereocenters. The quantitative estimate of drug-likeness (QED) is 0.413. The average Bonchev–Trinajstić information content (AvgIpc) is 3.38. The number of anilines is 1. The number of carbonyl (C=O) groups is 2. The second-order valence-corrected chi connectivity index (χ2v) is 10.8. The van der Waals surface area contributed by atoms with E-state index in [1.165, 1.54) is 20.9 Å². The van der Waals surface area contributed by atoms with Crippen LogP contribution in [0.3, 0.4) is 0 Å². The number of amides is 1. The number of carbonyl (C=O) groups excluding carboxylic acids is 2. The van der Waals surface area contributed by atoms with Crippen molar-refractivity contribution < 1.29 is 19.1 Å². The predicted octanol–water partition coefficient (Wildman–Crippen LogP) is 3.58. The number of para-hydroxylation sites is 1. The molecule has 0 saturated heterocycles. The Labute approximate surface area is 235 Å². The van der Waals surface area contributed by atoms with E-state index < -0.39 is 17.9 Å². The molecule has 2 aromatic carbocycles. The third kappa shape index (κ3) is 5.02. The van der Waals surface area contributed by atoms with Gasteiger partial charge in [0.1, 0.15) is 11.7 Å². The van der Waals surface area contributed by atoms with Crippen molar-refractivity contribution in [2.45, 2.75) is 46.8 Å². The van der Waals surface area contributed by atoms with Crippen LogP contribution in [0.4, 0.5) is 5.69 Å². The van der Waals surface area contributed by atoms with Crippen molar-refractivity contribution in [3.05, 3.63) is 91.1 Å². The second kappa shape index (κ2) is 11.1. The molecule has 0 aliphatic carbocycles. The Morgan fingerprint density at radius 3 is 2.42 bits per heavy atom. The molecule has 0 saturated carbocycles. The van der Waals surface area contributed by atoms with Crippen LogP contribution >= 0.6 is 11.3 Å². The Kier molecular flexibility index (Phi) is 7.53. The summed E-state index contributed by atoms with van der Waals surface area (Å²) in [5.41, 5.74) is 2.38. The lowest BCUT2D eigenvalue weighted by molar-refractivity contribution is -0.143. The summed E-state index contributed by atoms with van der Waals surface area (Å²) in [6, 6.07) is 15.7. The fourth-order valence-corrected chi connectivity index (χ4v) is 5.84. The van der Waals surface area contributed by atoms with Gasteiger partial charge in [-0.1, -0.05) is 41.7 Å². The summed E-state index contributed by atoms with van der Waals surface area (Å²) in [5, 5.41) is 5.81. The van der Waals surface area contributed by atoms with Crippen LogP contribution < -0.4 is 24.6 Å². The minimum atomic E-state index is -0.754. The van der Waals surface area contributed by atoms with Crippen molar-refractivity contribution in [2.75, 3.05) is 11.6 Å². The summed E-state index contributed by atoms with van der Waals surface area (Å²) < 4.78 is 13.0. The summed E-state index contributed by atoms with van der Waals surface area (Å²) in [5.74, 6) is -0.785. The molecule has 0 fully saturated rings. The van der Waals surface area contributed by atoms with Gasteiger partial charge in [0.25, 0.3) is 11.5 Å². The van der Waals surface area contributed by atoms with Crippen LogP contribution in [0.2, 0.25) is 0 Å². The highest BCUT2D eigenvalue weighted by atomic mass is 32.1. The van der Waals surface area contributed by atoms with Crippen molar-refractivity contribution in [3.63, 3.8) is 0 Å². The Morgan fingerprint density at radius 2 is 1.77 bits per heavy atom. The van der Waals surface area contributed by atoms with E-state index >= 15 is 0 Å². The van der Waals surface area contributed by atoms with Gasteiger partial charge in [-0.25, -0.2) is 9.79 Å². The smallest absolute Gasteiger partial charge is 0.338 e. The van der Waals surface area contributed by atoms with Gasteiger partial charge in [-0.15, -0.1) is 0 Å². The predicted molar refractivity (Wildman–Crippen MR) is 154 cm³/mol. The number of benzene rings is 2. The molecular weight excluding hydrogens is 528 g/mol. The lowest BCUT2D eigenvalue weighted by Gasteiger charge is -2.25. The molecule has 3 aromatic rings. The van der Waals surface area contributed by atoms with Gasteiger partial charge in [0.05, 0.1) is 46.0 Å². The van der Waals surface area contributed by atoms with Crippen LogP contribution in [0.1, 0.15) is 46.2 Å². The van der Waals surface area contributed by atoms with Gasteiger partial charge in [0.15, 0.2) is 4.80 Å². The number of thiazole rings is 1. The van der Waals surface area contributed by atoms with Crippen LogP contribution in [-0.2, 0) is 14.3 Å². The molecule has 40 heavy (non-hydrogen) atoms. The molecule has 0 spiro atoms. The van der Waals surface area contributed by atoms with E-state index in [1.54, 1.807) is 33.8 Å². The van der Waals surface area contributed by atoms with Gasteiger partial charge < -0.3 is 9.47 Å². The zero-order valence-electron chi connectivity index (χ0n) is 23.0. The van der Waals surface area contributed by atoms with Crippen LogP contribution in [0.15, 0.2) is 80.8 Å². The van der Waals surface area contributed by atoms with Crippen LogP contribution in [-0.4, -0.2) is 34.9 Å². The zero-order valence-corrected chi connectivity index (χ0v) is 23.8. The number of esters is 1. The maximum absolute atomic E-state index is 13.9. The molecule has 9 nitrogen and oxygen atoms in total. The van der Waals surface area contributed by atoms with Crippen molar-refractivity contribution in [3.8, 4) is 5.75 Å². The van der Waals surface area contributed by atoms with E-state index in [-0.39, 0.29) is 17.6 Å². The Morgan fingerprint density at radius 1 is 1.07 bits per heavy atom. The van der Waals surface area contributed by atoms with Gasteiger partial charge >= 0.3 is 5.97 Å². The fraction of sp³-hybridized carbons (Fsp3) is 0.300. The summed E-state index contributed by atoms with van der Waals surface area (Å²) >= 11 is 1.18. The number of nitrogens with zero attached hydrogens (tertiary/aromatic N) is 4. The standard InChI is InChI=1S/C30H30N4O5S/c1-6-38-22-14-12-20(13-15-22)26-25(29(37)39-17(2)3)19(5)31-30-33(26)28(36)24(40-30)16-23-18(4)32-34(27(23)35)21-10-8-7-9-11-21/h7-17,23,26H,6H2,1-5H3/b24-16-/t23-,26-/m0/s1. The van der Waals surface area contributed by atoms with Gasteiger partial charge in [0.2, 0.25) is 0 Å². The third-order valence-corrected chi connectivity index (χ3v) is 7.59. The fourth-order valence-electron chi connectivity index (χ4n) is 4.78. The van der Waals surface area contributed by atoms with Crippen LogP contribution in [0.25, 0.3) is 6.08 Å². The second-order valence-electron chi connectivity index (χ2n) is 9.76. The largest absolute Gasteiger partial charge is 0.494 e. The highest BCUT2D eigenvalue weighted by molar-refractivity contribution is 7.07. The first-order chi connectivity index (χ1) is 19.2. The van der Waals surface area contributed by atoms with E-state index in [0.29, 0.717) is 49.9 Å². The molecule has 0 N–H and O–H groups in total. The molecule has 0 radical (unpaired) electrons. The number of allylic oxidation sites excluding steroid dienone is 1. The van der Waals surface area contributed by atoms with Crippen molar-refractivity contribution in [1.29, 1.82) is 0 Å². The van der Waals surface area contributed by atoms with Crippen molar-refractivity contribution in [2.24, 2.45) is 16.0 Å². The molecule has 10 heteroatoms. The maximum Gasteiger partial charge on any atom is 0.338 e. The highest BCUT2D eigenvalue weighted by Gasteiger charge is 2.36. The molecule has 0 bridgehead atoms. The Bertz CT molecular complexity index is 1700. The number of ether oxygens (including phenoxy) is 2. The van der Waals surface area contributed by atoms with Gasteiger partial charge in [-0.3, -0.25) is 14.2 Å². The first-order valence-electron chi connectivity index (χ1n) is 13.1. The topological polar surface area (TPSA) is 103 Å². The van der Waals surface area contributed by atoms with E-state index in [1.807, 2.05) is 61.5 Å². The van der Waals surface area contributed by atoms with Crippen molar-refractivity contribution in [1.82, 2.24) is 4.57 Å². The number of fused-ring (bicyclic) bond motifs is 1. The number of rotatable bonds is 7. The average molecular weight is 559 g/mol. The zero-order chi connectivity index (χ0) is 28.6. The van der Waals surface area contributed by atoms with E-state index in [4.69, 9.17) is 9.47 Å². The summed E-state index contributed by atoms with van der Waals surface area (Å²) in [6.45, 7) is 9.48. The lowest BCUT2D eigenvalue weighted by Crippen LogP contribution is -2.40. The molecule has 3 heterocycles. The summed E-state index contributed by atoms with van der Waals surface area (Å²) in [6.07, 6.45) is 1.30. The molecule has 1 amide bonds. The SMILES string of the molecule is CCOc1ccc([C@H]2C(C(=O)OC(C)C)=C(C)N=c3s/c(=C\[C@@H]4C(=O)N(c5ccccc5)N=C4C)c(=O)n32)cc1. The minimum absolute atomic E-state index is 0.241. The Hall–Kier alpha value is -4.31. The minimum Gasteiger partial charge on any atom is -0.494 e. The molecule has 1 aromatic heterocycles. The van der Waals surface area contributed by atoms with Crippen molar-refractivity contribution >= 4 is 40.7 Å². The molecule has 206 valence electrons. The highest BCUT2D eigenvalue weighted by Crippen LogP contribution is 2.32. The number of hydrogen-bond acceptors (Lipinski definition) is 8. The van der Waals surface area contributed by atoms with Gasteiger partial charge in [0, 0.05) is 0 Å². The number of aromatic nitrogens is 1. The van der Waals surface area contributed by atoms with Crippen LogP contribution in [0.5, 0.6) is 5.75 Å². The molecule has 2 aliphatic heterocycles. The van der Waals surface area contributed by atoms with E-state index in [0.717, 1.165) is 0 Å². The molecule has 0 unspecified atom stereocenters. The Balaban J connectivity index is 1.61. The maximum atomic E-state index is 13.9. The number of hydrogen-bond donors (Lipinski definition) is 0. The summed E-state index contributed by atoms with van der Waals surface area (Å²) in [7, 11) is 0. The van der Waals surface area contributed by atoms with Gasteiger partial charge in [-0.2, -0.15) is 10.1 Å². The first kappa shape index (κ1) is 27.3. The lowest BCUT2D eigenvalue weighted by atomic mass is 9.95. The first-order valence-corrected chi connectivity index (χ1v) is 13.9. The van der Waals surface area contributed by atoms with E-state index in [9.17, 15) is 14.4 Å². The molecule has 5 rings (SSSR count). The number of hydrazone groups is 1. The third-order valence-electron chi connectivity index (χ3n) is 6.59. The van der Waals surface area contributed by atoms with E-state index in [2.05, 4.69) is 10.1 Å². The molecular formula is C30H30N4O5S. The van der Waals surface area contributed by atoms with Crippen LogP contribution in [0, 0.1) is 5.92 Å².